The number of urea groups is 1. The van der Waals surface area contributed by atoms with Crippen molar-refractivity contribution >= 4 is 11.7 Å². The largest absolute Gasteiger partial charge is 0.497 e. The van der Waals surface area contributed by atoms with Gasteiger partial charge in [0.05, 0.1) is 30.2 Å². The third-order valence-electron chi connectivity index (χ3n) is 5.40. The van der Waals surface area contributed by atoms with E-state index in [1.54, 1.807) is 7.11 Å². The van der Waals surface area contributed by atoms with Crippen LogP contribution in [0.25, 0.3) is 5.69 Å². The zero-order valence-corrected chi connectivity index (χ0v) is 17.1. The van der Waals surface area contributed by atoms with Crippen LogP contribution in [0.4, 0.5) is 10.5 Å². The second kappa shape index (κ2) is 7.99. The second-order valence-electron chi connectivity index (χ2n) is 7.41. The molecule has 0 saturated carbocycles. The number of anilines is 1. The van der Waals surface area contributed by atoms with E-state index in [2.05, 4.69) is 10.4 Å². The predicted molar refractivity (Wildman–Crippen MR) is 114 cm³/mol. The van der Waals surface area contributed by atoms with Crippen molar-refractivity contribution in [3.63, 3.8) is 0 Å². The fourth-order valence-electron chi connectivity index (χ4n) is 4.01. The molecule has 0 radical (unpaired) electrons. The van der Waals surface area contributed by atoms with Crippen molar-refractivity contribution < 1.29 is 9.53 Å². The minimum absolute atomic E-state index is 0.0711. The topological polar surface area (TPSA) is 59.4 Å². The van der Waals surface area contributed by atoms with Crippen LogP contribution in [-0.4, -0.2) is 34.4 Å². The first-order valence-electron chi connectivity index (χ1n) is 9.91. The van der Waals surface area contributed by atoms with E-state index < -0.39 is 0 Å². The number of likely N-dealkylation sites (tertiary alicyclic amines) is 1. The van der Waals surface area contributed by atoms with Crippen molar-refractivity contribution in [2.24, 2.45) is 0 Å². The number of aryl methyl sites for hydroxylation is 2. The second-order valence-corrected chi connectivity index (χ2v) is 7.41. The van der Waals surface area contributed by atoms with Gasteiger partial charge in [0.2, 0.25) is 0 Å². The molecule has 2 aromatic carbocycles. The molecule has 2 heterocycles. The first-order chi connectivity index (χ1) is 14.1. The summed E-state index contributed by atoms with van der Waals surface area (Å²) in [6.45, 7) is 4.72. The summed E-state index contributed by atoms with van der Waals surface area (Å²) in [5, 5.41) is 7.68. The van der Waals surface area contributed by atoms with E-state index in [1.165, 1.54) is 0 Å². The van der Waals surface area contributed by atoms with Gasteiger partial charge in [0.15, 0.2) is 0 Å². The Kier molecular flexibility index (Phi) is 5.25. The van der Waals surface area contributed by atoms with E-state index in [1.807, 2.05) is 78.0 Å². The number of ether oxygens (including phenoxy) is 1. The number of carbonyl (C=O) groups excluding carboxylic acids is 1. The molecule has 1 atom stereocenters. The van der Waals surface area contributed by atoms with Crippen LogP contribution in [0, 0.1) is 13.8 Å². The number of rotatable bonds is 4. The molecule has 29 heavy (non-hydrogen) atoms. The molecule has 6 heteroatoms. The maximum Gasteiger partial charge on any atom is 0.322 e. The first kappa shape index (κ1) is 19.1. The van der Waals surface area contributed by atoms with Crippen molar-refractivity contribution in [3.05, 3.63) is 71.5 Å². The monoisotopic (exact) mass is 390 g/mol. The number of amides is 2. The molecule has 1 N–H and O–H groups in total. The minimum Gasteiger partial charge on any atom is -0.497 e. The van der Waals surface area contributed by atoms with Gasteiger partial charge >= 0.3 is 6.03 Å². The average Bonchev–Trinajstić information content (AvgIpc) is 3.35. The molecule has 1 saturated heterocycles. The summed E-state index contributed by atoms with van der Waals surface area (Å²) in [5.41, 5.74) is 4.73. The molecular weight excluding hydrogens is 364 g/mol. The van der Waals surface area contributed by atoms with E-state index in [0.717, 1.165) is 53.5 Å². The van der Waals surface area contributed by atoms with Crippen LogP contribution in [0.15, 0.2) is 54.6 Å². The summed E-state index contributed by atoms with van der Waals surface area (Å²) in [7, 11) is 1.66. The van der Waals surface area contributed by atoms with Crippen molar-refractivity contribution in [1.29, 1.82) is 0 Å². The highest BCUT2D eigenvalue weighted by Gasteiger charge is 2.30. The Morgan fingerprint density at radius 3 is 2.59 bits per heavy atom. The zero-order valence-electron chi connectivity index (χ0n) is 17.1. The lowest BCUT2D eigenvalue weighted by atomic mass is 10.0. The number of hydrogen-bond donors (Lipinski definition) is 1. The van der Waals surface area contributed by atoms with Crippen LogP contribution < -0.4 is 10.1 Å². The molecule has 0 spiro atoms. The molecule has 1 aromatic heterocycles. The van der Waals surface area contributed by atoms with Gasteiger partial charge in [-0.1, -0.05) is 24.3 Å². The summed E-state index contributed by atoms with van der Waals surface area (Å²) in [4.78, 5) is 15.1. The Morgan fingerprint density at radius 1 is 1.14 bits per heavy atom. The zero-order chi connectivity index (χ0) is 20.4. The van der Waals surface area contributed by atoms with E-state index in [4.69, 9.17) is 4.74 Å². The lowest BCUT2D eigenvalue weighted by molar-refractivity contribution is 0.207. The molecule has 1 aliphatic heterocycles. The molecule has 1 aliphatic rings. The smallest absolute Gasteiger partial charge is 0.322 e. The fourth-order valence-corrected chi connectivity index (χ4v) is 4.01. The molecule has 150 valence electrons. The number of methoxy groups -OCH3 is 1. The molecule has 1 fully saturated rings. The Hall–Kier alpha value is -3.28. The molecule has 2 amide bonds. The van der Waals surface area contributed by atoms with Gasteiger partial charge in [0.1, 0.15) is 5.75 Å². The summed E-state index contributed by atoms with van der Waals surface area (Å²) in [5.74, 6) is 0.821. The molecule has 6 nitrogen and oxygen atoms in total. The lowest BCUT2D eigenvalue weighted by Gasteiger charge is -2.26. The van der Waals surface area contributed by atoms with Crippen molar-refractivity contribution in [3.8, 4) is 11.4 Å². The van der Waals surface area contributed by atoms with Crippen molar-refractivity contribution in [2.45, 2.75) is 32.7 Å². The molecule has 0 unspecified atom stereocenters. The molecule has 3 aromatic rings. The highest BCUT2D eigenvalue weighted by Crippen LogP contribution is 2.33. The van der Waals surface area contributed by atoms with E-state index in [9.17, 15) is 4.79 Å². The molecular formula is C23H26N4O2. The third-order valence-corrected chi connectivity index (χ3v) is 5.40. The summed E-state index contributed by atoms with van der Waals surface area (Å²) in [6.07, 6.45) is 1.95. The third kappa shape index (κ3) is 3.83. The van der Waals surface area contributed by atoms with Crippen molar-refractivity contribution in [2.75, 3.05) is 19.0 Å². The Morgan fingerprint density at radius 2 is 1.90 bits per heavy atom. The number of benzene rings is 2. The number of carbonyl (C=O) groups is 1. The van der Waals surface area contributed by atoms with E-state index in [-0.39, 0.29) is 12.1 Å². The quantitative estimate of drug-likeness (QED) is 0.692. The van der Waals surface area contributed by atoms with Crippen LogP contribution in [0.2, 0.25) is 0 Å². The number of nitrogens with zero attached hydrogens (tertiary/aromatic N) is 3. The Balaban J connectivity index is 1.57. The highest BCUT2D eigenvalue weighted by atomic mass is 16.5. The number of para-hydroxylation sites is 2. The SMILES string of the molecule is COc1ccc([C@H]2CCCN2C(=O)Nc2ccccc2-n2nc(C)cc2C)cc1. The lowest BCUT2D eigenvalue weighted by Crippen LogP contribution is -2.34. The maximum atomic E-state index is 13.2. The van der Waals surface area contributed by atoms with Gasteiger partial charge in [-0.15, -0.1) is 0 Å². The summed E-state index contributed by atoms with van der Waals surface area (Å²) in [6, 6.07) is 17.8. The van der Waals surface area contributed by atoms with Crippen LogP contribution in [0.1, 0.15) is 35.8 Å². The van der Waals surface area contributed by atoms with Crippen LogP contribution in [-0.2, 0) is 0 Å². The highest BCUT2D eigenvalue weighted by molar-refractivity contribution is 5.92. The summed E-state index contributed by atoms with van der Waals surface area (Å²) < 4.78 is 7.12. The van der Waals surface area contributed by atoms with Gasteiger partial charge in [-0.2, -0.15) is 5.10 Å². The normalized spacial score (nSPS) is 16.1. The van der Waals surface area contributed by atoms with Gasteiger partial charge in [-0.05, 0) is 62.6 Å². The van der Waals surface area contributed by atoms with E-state index >= 15 is 0 Å². The molecule has 4 rings (SSSR count). The fraction of sp³-hybridized carbons (Fsp3) is 0.304. The van der Waals surface area contributed by atoms with Crippen LogP contribution >= 0.6 is 0 Å². The number of hydrogen-bond acceptors (Lipinski definition) is 3. The molecule has 0 aliphatic carbocycles. The van der Waals surface area contributed by atoms with Gasteiger partial charge in [0.25, 0.3) is 0 Å². The Labute approximate surface area is 171 Å². The Bertz CT molecular complexity index is 1010. The van der Waals surface area contributed by atoms with Gasteiger partial charge in [-0.3, -0.25) is 0 Å². The average molecular weight is 390 g/mol. The predicted octanol–water partition coefficient (Wildman–Crippen LogP) is 4.87. The van der Waals surface area contributed by atoms with Gasteiger partial charge < -0.3 is 15.0 Å². The number of aromatic nitrogens is 2. The molecule has 0 bridgehead atoms. The van der Waals surface area contributed by atoms with Crippen LogP contribution in [0.3, 0.4) is 0 Å². The maximum absolute atomic E-state index is 13.2. The number of nitrogens with one attached hydrogen (secondary N) is 1. The van der Waals surface area contributed by atoms with Gasteiger partial charge in [0, 0.05) is 12.2 Å². The van der Waals surface area contributed by atoms with Gasteiger partial charge in [-0.25, -0.2) is 9.48 Å². The standard InChI is InChI=1S/C23H26N4O2/c1-16-15-17(2)27(25-16)22-8-5-4-7-20(22)24-23(28)26-14-6-9-21(26)18-10-12-19(29-3)13-11-18/h4-5,7-8,10-13,15,21H,6,9,14H2,1-3H3,(H,24,28)/t21-/m1/s1. The minimum atomic E-state index is -0.0858. The summed E-state index contributed by atoms with van der Waals surface area (Å²) >= 11 is 0. The van der Waals surface area contributed by atoms with Crippen molar-refractivity contribution in [1.82, 2.24) is 14.7 Å². The first-order valence-corrected chi connectivity index (χ1v) is 9.91. The van der Waals surface area contributed by atoms with Crippen LogP contribution in [0.5, 0.6) is 5.75 Å². The van der Waals surface area contributed by atoms with E-state index in [0.29, 0.717) is 0 Å².